The SMILES string of the molecule is CCc1nc(SC(C)C(=O)Nc2cc(Cl)cc(Cl)c2)n[nH]1. The first kappa shape index (κ1) is 16.1. The van der Waals surface area contributed by atoms with Gasteiger partial charge < -0.3 is 5.32 Å². The van der Waals surface area contributed by atoms with Gasteiger partial charge in [0.05, 0.1) is 5.25 Å². The van der Waals surface area contributed by atoms with Crippen LogP contribution in [-0.4, -0.2) is 26.3 Å². The van der Waals surface area contributed by atoms with Gasteiger partial charge in [-0.1, -0.05) is 41.9 Å². The van der Waals surface area contributed by atoms with Crippen molar-refractivity contribution >= 4 is 46.6 Å². The highest BCUT2D eigenvalue weighted by Crippen LogP contribution is 2.24. The molecule has 2 N–H and O–H groups in total. The van der Waals surface area contributed by atoms with Crippen molar-refractivity contribution in [3.63, 3.8) is 0 Å². The van der Waals surface area contributed by atoms with Gasteiger partial charge in [-0.25, -0.2) is 4.98 Å². The molecule has 2 rings (SSSR count). The number of nitrogens with zero attached hydrogens (tertiary/aromatic N) is 2. The van der Waals surface area contributed by atoms with E-state index in [0.717, 1.165) is 12.2 Å². The molecule has 0 saturated heterocycles. The lowest BCUT2D eigenvalue weighted by molar-refractivity contribution is -0.115. The molecule has 2 aromatic rings. The Bertz CT molecular complexity index is 627. The topological polar surface area (TPSA) is 70.7 Å². The Kier molecular flexibility index (Phi) is 5.50. The molecule has 8 heteroatoms. The van der Waals surface area contributed by atoms with Gasteiger partial charge in [-0.15, -0.1) is 5.10 Å². The van der Waals surface area contributed by atoms with Gasteiger partial charge >= 0.3 is 0 Å². The fourth-order valence-corrected chi connectivity index (χ4v) is 2.84. The molecule has 0 aliphatic carbocycles. The molecule has 21 heavy (non-hydrogen) atoms. The van der Waals surface area contributed by atoms with Crippen LogP contribution in [0.3, 0.4) is 0 Å². The monoisotopic (exact) mass is 344 g/mol. The predicted octanol–water partition coefficient (Wildman–Crippen LogP) is 3.79. The van der Waals surface area contributed by atoms with Crippen molar-refractivity contribution in [1.82, 2.24) is 15.2 Å². The Morgan fingerprint density at radius 2 is 2.05 bits per heavy atom. The molecule has 0 aliphatic rings. The van der Waals surface area contributed by atoms with Crippen molar-refractivity contribution in [2.24, 2.45) is 0 Å². The highest BCUT2D eigenvalue weighted by Gasteiger charge is 2.17. The number of thioether (sulfide) groups is 1. The molecule has 0 fully saturated rings. The zero-order valence-electron chi connectivity index (χ0n) is 11.5. The molecule has 1 heterocycles. The summed E-state index contributed by atoms with van der Waals surface area (Å²) in [4.78, 5) is 16.4. The van der Waals surface area contributed by atoms with Gasteiger partial charge in [0.2, 0.25) is 11.1 Å². The molecule has 5 nitrogen and oxygen atoms in total. The van der Waals surface area contributed by atoms with E-state index < -0.39 is 0 Å². The van der Waals surface area contributed by atoms with Crippen molar-refractivity contribution < 1.29 is 4.79 Å². The Balaban J connectivity index is 1.98. The number of rotatable bonds is 5. The average Bonchev–Trinajstić information content (AvgIpc) is 2.85. The lowest BCUT2D eigenvalue weighted by Gasteiger charge is -2.10. The highest BCUT2D eigenvalue weighted by molar-refractivity contribution is 8.00. The van der Waals surface area contributed by atoms with Crippen LogP contribution < -0.4 is 5.32 Å². The molecule has 1 aromatic heterocycles. The first-order valence-electron chi connectivity index (χ1n) is 6.33. The molecule has 1 amide bonds. The smallest absolute Gasteiger partial charge is 0.237 e. The molecule has 1 aromatic carbocycles. The molecular weight excluding hydrogens is 331 g/mol. The molecular formula is C13H14Cl2N4OS. The van der Waals surface area contributed by atoms with Crippen LogP contribution in [-0.2, 0) is 11.2 Å². The van der Waals surface area contributed by atoms with E-state index in [4.69, 9.17) is 23.2 Å². The summed E-state index contributed by atoms with van der Waals surface area (Å²) in [5.74, 6) is 0.632. The third-order valence-electron chi connectivity index (χ3n) is 2.63. The summed E-state index contributed by atoms with van der Waals surface area (Å²) in [5.41, 5.74) is 0.564. The maximum absolute atomic E-state index is 12.1. The van der Waals surface area contributed by atoms with Crippen molar-refractivity contribution in [2.45, 2.75) is 30.7 Å². The van der Waals surface area contributed by atoms with Gasteiger partial charge in [-0.3, -0.25) is 9.89 Å². The molecule has 1 unspecified atom stereocenters. The summed E-state index contributed by atoms with van der Waals surface area (Å²) in [7, 11) is 0. The largest absolute Gasteiger partial charge is 0.325 e. The highest BCUT2D eigenvalue weighted by atomic mass is 35.5. The summed E-state index contributed by atoms with van der Waals surface area (Å²) in [6.07, 6.45) is 0.773. The molecule has 0 bridgehead atoms. The maximum atomic E-state index is 12.1. The number of hydrogen-bond donors (Lipinski definition) is 2. The normalized spacial score (nSPS) is 12.2. The van der Waals surface area contributed by atoms with Crippen LogP contribution in [0, 0.1) is 0 Å². The summed E-state index contributed by atoms with van der Waals surface area (Å²) in [6, 6.07) is 4.90. The molecule has 1 atom stereocenters. The number of aryl methyl sites for hydroxylation is 1. The predicted molar refractivity (Wildman–Crippen MR) is 86.2 cm³/mol. The van der Waals surface area contributed by atoms with E-state index in [0.29, 0.717) is 20.9 Å². The number of benzene rings is 1. The van der Waals surface area contributed by atoms with Crippen LogP contribution >= 0.6 is 35.0 Å². The van der Waals surface area contributed by atoms with Crippen LogP contribution in [0.25, 0.3) is 0 Å². The Morgan fingerprint density at radius 3 is 2.62 bits per heavy atom. The zero-order valence-corrected chi connectivity index (χ0v) is 13.8. The second-order valence-electron chi connectivity index (χ2n) is 4.33. The standard InChI is InChI=1S/C13H14Cl2N4OS/c1-3-11-17-13(19-18-11)21-7(2)12(20)16-10-5-8(14)4-9(15)6-10/h4-7H,3H2,1-2H3,(H,16,20)(H,17,18,19). The van der Waals surface area contributed by atoms with E-state index in [1.165, 1.54) is 11.8 Å². The van der Waals surface area contributed by atoms with Gasteiger partial charge in [0.1, 0.15) is 5.82 Å². The van der Waals surface area contributed by atoms with Crippen LogP contribution in [0.2, 0.25) is 10.0 Å². The van der Waals surface area contributed by atoms with E-state index in [-0.39, 0.29) is 11.2 Å². The van der Waals surface area contributed by atoms with E-state index in [9.17, 15) is 4.79 Å². The lowest BCUT2D eigenvalue weighted by atomic mass is 10.3. The van der Waals surface area contributed by atoms with E-state index in [1.807, 2.05) is 6.92 Å². The second-order valence-corrected chi connectivity index (χ2v) is 6.51. The molecule has 0 saturated carbocycles. The number of amides is 1. The number of nitrogens with one attached hydrogen (secondary N) is 2. The average molecular weight is 345 g/mol. The fraction of sp³-hybridized carbons (Fsp3) is 0.308. The van der Waals surface area contributed by atoms with Crippen LogP contribution in [0.4, 0.5) is 5.69 Å². The lowest BCUT2D eigenvalue weighted by Crippen LogP contribution is -2.22. The van der Waals surface area contributed by atoms with Crippen molar-refractivity contribution in [2.75, 3.05) is 5.32 Å². The number of halogens is 2. The summed E-state index contributed by atoms with van der Waals surface area (Å²) in [6.45, 7) is 3.77. The van der Waals surface area contributed by atoms with Crippen LogP contribution in [0.1, 0.15) is 19.7 Å². The van der Waals surface area contributed by atoms with Crippen LogP contribution in [0.5, 0.6) is 0 Å². The van der Waals surface area contributed by atoms with Crippen molar-refractivity contribution in [3.05, 3.63) is 34.1 Å². The Morgan fingerprint density at radius 1 is 1.38 bits per heavy atom. The Labute approximate surface area is 136 Å². The van der Waals surface area contributed by atoms with E-state index in [1.54, 1.807) is 25.1 Å². The molecule has 0 radical (unpaired) electrons. The number of carbonyl (C=O) groups excluding carboxylic acids is 1. The van der Waals surface area contributed by atoms with Gasteiger partial charge in [0.25, 0.3) is 0 Å². The van der Waals surface area contributed by atoms with Gasteiger partial charge in [0.15, 0.2) is 0 Å². The van der Waals surface area contributed by atoms with Gasteiger partial charge in [-0.2, -0.15) is 0 Å². The quantitative estimate of drug-likeness (QED) is 0.809. The number of anilines is 1. The number of hydrogen-bond acceptors (Lipinski definition) is 4. The minimum atomic E-state index is -0.344. The zero-order chi connectivity index (χ0) is 15.4. The second kappa shape index (κ2) is 7.15. The third-order valence-corrected chi connectivity index (χ3v) is 4.03. The van der Waals surface area contributed by atoms with E-state index in [2.05, 4.69) is 20.5 Å². The summed E-state index contributed by atoms with van der Waals surface area (Å²) < 4.78 is 0. The van der Waals surface area contributed by atoms with Crippen molar-refractivity contribution in [1.29, 1.82) is 0 Å². The molecule has 112 valence electrons. The fourth-order valence-electron chi connectivity index (χ4n) is 1.57. The first-order chi connectivity index (χ1) is 9.97. The maximum Gasteiger partial charge on any atom is 0.237 e. The van der Waals surface area contributed by atoms with E-state index >= 15 is 0 Å². The number of H-pyrrole nitrogens is 1. The van der Waals surface area contributed by atoms with Crippen LogP contribution in [0.15, 0.2) is 23.4 Å². The van der Waals surface area contributed by atoms with Gasteiger partial charge in [-0.05, 0) is 25.1 Å². The number of carbonyl (C=O) groups is 1. The van der Waals surface area contributed by atoms with Crippen molar-refractivity contribution in [3.8, 4) is 0 Å². The number of aromatic amines is 1. The number of aromatic nitrogens is 3. The minimum Gasteiger partial charge on any atom is -0.325 e. The summed E-state index contributed by atoms with van der Waals surface area (Å²) in [5, 5.41) is 10.8. The Hall–Kier alpha value is -1.24. The van der Waals surface area contributed by atoms with Gasteiger partial charge in [0, 0.05) is 22.2 Å². The first-order valence-corrected chi connectivity index (χ1v) is 7.96. The minimum absolute atomic E-state index is 0.166. The summed E-state index contributed by atoms with van der Waals surface area (Å²) >= 11 is 13.1. The molecule has 0 spiro atoms. The molecule has 0 aliphatic heterocycles. The third kappa shape index (κ3) is 4.62.